The Morgan fingerprint density at radius 2 is 1.63 bits per heavy atom. The molecule has 0 aliphatic rings. The highest BCUT2D eigenvalue weighted by molar-refractivity contribution is 5.37. The summed E-state index contributed by atoms with van der Waals surface area (Å²) in [5.74, 6) is 0.160. The SMILES string of the molecule is OCCc1cc(C(O)CNCCCCCCOCCCc2ccccc2)ccc1O. The van der Waals surface area contributed by atoms with Crippen molar-refractivity contribution < 1.29 is 20.1 Å². The van der Waals surface area contributed by atoms with Crippen molar-refractivity contribution in [2.45, 2.75) is 51.0 Å². The van der Waals surface area contributed by atoms with E-state index in [-0.39, 0.29) is 12.4 Å². The monoisotopic (exact) mass is 415 g/mol. The van der Waals surface area contributed by atoms with Crippen LogP contribution in [-0.4, -0.2) is 48.2 Å². The molecule has 0 radical (unpaired) electrons. The van der Waals surface area contributed by atoms with Crippen LogP contribution in [0.2, 0.25) is 0 Å². The van der Waals surface area contributed by atoms with E-state index >= 15 is 0 Å². The molecule has 0 saturated carbocycles. The summed E-state index contributed by atoms with van der Waals surface area (Å²) in [6, 6.07) is 15.6. The minimum Gasteiger partial charge on any atom is -0.508 e. The molecule has 0 saturated heterocycles. The van der Waals surface area contributed by atoms with E-state index in [4.69, 9.17) is 9.84 Å². The van der Waals surface area contributed by atoms with Gasteiger partial charge in [0, 0.05) is 26.4 Å². The molecule has 166 valence electrons. The van der Waals surface area contributed by atoms with E-state index < -0.39 is 6.10 Å². The van der Waals surface area contributed by atoms with Crippen LogP contribution in [0.25, 0.3) is 0 Å². The Bertz CT molecular complexity index is 693. The lowest BCUT2D eigenvalue weighted by Gasteiger charge is -2.14. The smallest absolute Gasteiger partial charge is 0.118 e. The van der Waals surface area contributed by atoms with Crippen LogP contribution in [0, 0.1) is 0 Å². The van der Waals surface area contributed by atoms with Crippen molar-refractivity contribution in [3.63, 3.8) is 0 Å². The zero-order chi connectivity index (χ0) is 21.4. The number of nitrogens with one attached hydrogen (secondary N) is 1. The molecule has 2 aromatic carbocycles. The number of hydrogen-bond acceptors (Lipinski definition) is 5. The van der Waals surface area contributed by atoms with Crippen LogP contribution >= 0.6 is 0 Å². The molecule has 0 aliphatic heterocycles. The van der Waals surface area contributed by atoms with Gasteiger partial charge in [0.1, 0.15) is 5.75 Å². The fourth-order valence-corrected chi connectivity index (χ4v) is 3.42. The van der Waals surface area contributed by atoms with Gasteiger partial charge in [0.25, 0.3) is 0 Å². The molecule has 4 N–H and O–H groups in total. The second-order valence-electron chi connectivity index (χ2n) is 7.70. The van der Waals surface area contributed by atoms with E-state index in [0.29, 0.717) is 18.5 Å². The highest BCUT2D eigenvalue weighted by atomic mass is 16.5. The fraction of sp³-hybridized carbons (Fsp3) is 0.520. The van der Waals surface area contributed by atoms with Crippen LogP contribution in [0.5, 0.6) is 5.75 Å². The maximum Gasteiger partial charge on any atom is 0.118 e. The molecule has 2 rings (SSSR count). The predicted molar refractivity (Wildman–Crippen MR) is 121 cm³/mol. The largest absolute Gasteiger partial charge is 0.508 e. The van der Waals surface area contributed by atoms with Crippen molar-refractivity contribution >= 4 is 0 Å². The van der Waals surface area contributed by atoms with Crippen molar-refractivity contribution in [2.24, 2.45) is 0 Å². The lowest BCUT2D eigenvalue weighted by molar-refractivity contribution is 0.127. The molecule has 0 aromatic heterocycles. The Morgan fingerprint density at radius 3 is 2.43 bits per heavy atom. The number of unbranched alkanes of at least 4 members (excludes halogenated alkanes) is 3. The summed E-state index contributed by atoms with van der Waals surface area (Å²) in [5.41, 5.74) is 2.79. The van der Waals surface area contributed by atoms with Gasteiger partial charge >= 0.3 is 0 Å². The molecule has 0 amide bonds. The Kier molecular flexibility index (Phi) is 12.1. The molecule has 0 aliphatic carbocycles. The van der Waals surface area contributed by atoms with Crippen LogP contribution in [0.15, 0.2) is 48.5 Å². The van der Waals surface area contributed by atoms with E-state index in [1.807, 2.05) is 6.07 Å². The minimum atomic E-state index is -0.618. The molecule has 30 heavy (non-hydrogen) atoms. The molecule has 0 heterocycles. The van der Waals surface area contributed by atoms with Crippen LogP contribution < -0.4 is 5.32 Å². The fourth-order valence-electron chi connectivity index (χ4n) is 3.42. The summed E-state index contributed by atoms with van der Waals surface area (Å²) >= 11 is 0. The number of aryl methyl sites for hydroxylation is 1. The lowest BCUT2D eigenvalue weighted by atomic mass is 10.0. The van der Waals surface area contributed by atoms with Gasteiger partial charge in [0.2, 0.25) is 0 Å². The summed E-state index contributed by atoms with van der Waals surface area (Å²) in [5, 5.41) is 32.4. The third-order valence-corrected chi connectivity index (χ3v) is 5.20. The molecule has 5 nitrogen and oxygen atoms in total. The van der Waals surface area contributed by atoms with E-state index in [9.17, 15) is 10.2 Å². The van der Waals surface area contributed by atoms with E-state index in [1.54, 1.807) is 18.2 Å². The number of aromatic hydroxyl groups is 1. The Labute approximate surface area is 180 Å². The average molecular weight is 416 g/mol. The van der Waals surface area contributed by atoms with E-state index in [0.717, 1.165) is 63.8 Å². The molecule has 2 aromatic rings. The van der Waals surface area contributed by atoms with Gasteiger partial charge in [-0.15, -0.1) is 0 Å². The van der Waals surface area contributed by atoms with Gasteiger partial charge in [-0.1, -0.05) is 49.2 Å². The zero-order valence-electron chi connectivity index (χ0n) is 17.9. The maximum atomic E-state index is 10.3. The summed E-state index contributed by atoms with van der Waals surface area (Å²) < 4.78 is 5.72. The molecule has 0 bridgehead atoms. The van der Waals surface area contributed by atoms with Crippen LogP contribution in [0.3, 0.4) is 0 Å². The Balaban J connectivity index is 1.43. The van der Waals surface area contributed by atoms with Gasteiger partial charge in [-0.3, -0.25) is 0 Å². The molecular weight excluding hydrogens is 378 g/mol. The third kappa shape index (κ3) is 9.72. The summed E-state index contributed by atoms with van der Waals surface area (Å²) in [4.78, 5) is 0. The Morgan fingerprint density at radius 1 is 0.867 bits per heavy atom. The van der Waals surface area contributed by atoms with Crippen molar-refractivity contribution in [3.05, 3.63) is 65.2 Å². The summed E-state index contributed by atoms with van der Waals surface area (Å²) in [6.07, 6.45) is 6.39. The highest BCUT2D eigenvalue weighted by Crippen LogP contribution is 2.22. The van der Waals surface area contributed by atoms with E-state index in [1.165, 1.54) is 5.56 Å². The molecule has 0 spiro atoms. The molecular formula is C25H37NO4. The Hall–Kier alpha value is -1.92. The van der Waals surface area contributed by atoms with Gasteiger partial charge in [0.15, 0.2) is 0 Å². The normalized spacial score (nSPS) is 12.2. The van der Waals surface area contributed by atoms with Gasteiger partial charge < -0.3 is 25.4 Å². The maximum absolute atomic E-state index is 10.3. The van der Waals surface area contributed by atoms with E-state index in [2.05, 4.69) is 29.6 Å². The lowest BCUT2D eigenvalue weighted by Crippen LogP contribution is -2.22. The predicted octanol–water partition coefficient (Wildman–Crippen LogP) is 3.76. The first kappa shape index (κ1) is 24.4. The van der Waals surface area contributed by atoms with Crippen LogP contribution in [0.4, 0.5) is 0 Å². The number of aliphatic hydroxyl groups is 2. The van der Waals surface area contributed by atoms with Crippen molar-refractivity contribution in [1.82, 2.24) is 5.32 Å². The topological polar surface area (TPSA) is 82.0 Å². The first-order chi connectivity index (χ1) is 14.7. The number of benzene rings is 2. The van der Waals surface area contributed by atoms with Crippen molar-refractivity contribution in [1.29, 1.82) is 0 Å². The molecule has 0 fully saturated rings. The minimum absolute atomic E-state index is 0.0237. The zero-order valence-corrected chi connectivity index (χ0v) is 17.9. The highest BCUT2D eigenvalue weighted by Gasteiger charge is 2.10. The van der Waals surface area contributed by atoms with Gasteiger partial charge in [-0.25, -0.2) is 0 Å². The number of phenols is 1. The summed E-state index contributed by atoms with van der Waals surface area (Å²) in [6.45, 7) is 2.98. The standard InChI is InChI=1S/C25H37NO4/c27-16-14-23-19-22(12-13-24(23)28)25(29)20-26-15-6-1-2-7-17-30-18-8-11-21-9-4-3-5-10-21/h3-5,9-10,12-13,19,25-29H,1-2,6-8,11,14-18,20H2. The number of phenolic OH excluding ortho intramolecular Hbond substituents is 1. The second kappa shape index (κ2) is 15.0. The average Bonchev–Trinajstić information content (AvgIpc) is 2.76. The van der Waals surface area contributed by atoms with Crippen molar-refractivity contribution in [2.75, 3.05) is 32.9 Å². The number of aliphatic hydroxyl groups excluding tert-OH is 2. The van der Waals surface area contributed by atoms with Gasteiger partial charge in [-0.2, -0.15) is 0 Å². The third-order valence-electron chi connectivity index (χ3n) is 5.20. The first-order valence-corrected chi connectivity index (χ1v) is 11.1. The molecule has 1 unspecified atom stereocenters. The number of rotatable bonds is 16. The number of ether oxygens (including phenoxy) is 1. The first-order valence-electron chi connectivity index (χ1n) is 11.1. The quantitative estimate of drug-likeness (QED) is 0.314. The van der Waals surface area contributed by atoms with Gasteiger partial charge in [0.05, 0.1) is 6.10 Å². The number of hydrogen-bond donors (Lipinski definition) is 4. The van der Waals surface area contributed by atoms with Crippen molar-refractivity contribution in [3.8, 4) is 5.75 Å². The molecule has 1 atom stereocenters. The summed E-state index contributed by atoms with van der Waals surface area (Å²) in [7, 11) is 0. The second-order valence-corrected chi connectivity index (χ2v) is 7.70. The molecule has 5 heteroatoms. The van der Waals surface area contributed by atoms with Gasteiger partial charge in [-0.05, 0) is 67.5 Å². The van der Waals surface area contributed by atoms with Crippen LogP contribution in [0.1, 0.15) is 54.9 Å². The van der Waals surface area contributed by atoms with Crippen LogP contribution in [-0.2, 0) is 17.6 Å².